The number of nitro benzene ring substituents is 1. The monoisotopic (exact) mass is 440 g/mol. The highest BCUT2D eigenvalue weighted by molar-refractivity contribution is 7.14. The third-order valence-electron chi connectivity index (χ3n) is 4.38. The third-order valence-corrected chi connectivity index (χ3v) is 5.13. The molecule has 0 bridgehead atoms. The van der Waals surface area contributed by atoms with Crippen LogP contribution < -0.4 is 14.9 Å². The van der Waals surface area contributed by atoms with E-state index in [0.717, 1.165) is 16.8 Å². The molecule has 0 aliphatic heterocycles. The zero-order valence-electron chi connectivity index (χ0n) is 17.8. The lowest BCUT2D eigenvalue weighted by Crippen LogP contribution is -2.03. The number of ether oxygens (including phenoxy) is 2. The summed E-state index contributed by atoms with van der Waals surface area (Å²) in [6.07, 6.45) is 1.49. The minimum absolute atomic E-state index is 0.123. The van der Waals surface area contributed by atoms with Gasteiger partial charge in [-0.2, -0.15) is 5.10 Å². The van der Waals surface area contributed by atoms with Gasteiger partial charge in [-0.25, -0.2) is 4.98 Å². The maximum absolute atomic E-state index is 11.5. The van der Waals surface area contributed by atoms with Gasteiger partial charge >= 0.3 is 5.69 Å². The first-order chi connectivity index (χ1) is 14.9. The Labute approximate surface area is 184 Å². The molecule has 0 saturated heterocycles. The normalized spacial score (nSPS) is 11.0. The van der Waals surface area contributed by atoms with Gasteiger partial charge in [-0.3, -0.25) is 15.5 Å². The van der Waals surface area contributed by atoms with Gasteiger partial charge in [0.1, 0.15) is 0 Å². The average Bonchev–Trinajstić information content (AvgIpc) is 3.18. The van der Waals surface area contributed by atoms with Gasteiger partial charge < -0.3 is 9.47 Å². The van der Waals surface area contributed by atoms with Crippen LogP contribution in [0.3, 0.4) is 0 Å². The quantitative estimate of drug-likeness (QED) is 0.265. The number of anilines is 1. The Bertz CT molecular complexity index is 1110. The molecule has 3 rings (SSSR count). The van der Waals surface area contributed by atoms with Crippen LogP contribution in [0.15, 0.2) is 40.8 Å². The fourth-order valence-corrected chi connectivity index (χ4v) is 3.74. The first kappa shape index (κ1) is 22.2. The second-order valence-electron chi connectivity index (χ2n) is 6.72. The largest absolute Gasteiger partial charge is 0.490 e. The molecule has 0 spiro atoms. The smallest absolute Gasteiger partial charge is 0.315 e. The number of hydrogen-bond acceptors (Lipinski definition) is 8. The van der Waals surface area contributed by atoms with E-state index >= 15 is 0 Å². The van der Waals surface area contributed by atoms with Gasteiger partial charge in [0.05, 0.1) is 30.0 Å². The topological polar surface area (TPSA) is 98.9 Å². The Hall–Kier alpha value is -3.46. The Morgan fingerprint density at radius 2 is 1.97 bits per heavy atom. The van der Waals surface area contributed by atoms with Crippen molar-refractivity contribution in [3.8, 4) is 22.8 Å². The Morgan fingerprint density at radius 1 is 1.19 bits per heavy atom. The summed E-state index contributed by atoms with van der Waals surface area (Å²) in [7, 11) is 0. The van der Waals surface area contributed by atoms with E-state index in [0.29, 0.717) is 29.7 Å². The number of thiazole rings is 1. The summed E-state index contributed by atoms with van der Waals surface area (Å²) in [5.41, 5.74) is 7.54. The second kappa shape index (κ2) is 10.0. The first-order valence-corrected chi connectivity index (χ1v) is 10.7. The number of aryl methyl sites for hydroxylation is 2. The lowest BCUT2D eigenvalue weighted by Gasteiger charge is -2.11. The van der Waals surface area contributed by atoms with Crippen LogP contribution in [-0.4, -0.2) is 29.3 Å². The summed E-state index contributed by atoms with van der Waals surface area (Å²) in [5, 5.41) is 18.3. The Balaban J connectivity index is 1.81. The maximum atomic E-state index is 11.5. The minimum Gasteiger partial charge on any atom is -0.490 e. The van der Waals surface area contributed by atoms with Gasteiger partial charge in [-0.05, 0) is 39.3 Å². The number of nitro groups is 1. The molecule has 1 aromatic heterocycles. The van der Waals surface area contributed by atoms with Gasteiger partial charge in [-0.15, -0.1) is 11.3 Å². The van der Waals surface area contributed by atoms with Crippen LogP contribution in [0.25, 0.3) is 11.3 Å². The van der Waals surface area contributed by atoms with Crippen molar-refractivity contribution >= 4 is 28.4 Å². The van der Waals surface area contributed by atoms with Crippen molar-refractivity contribution in [2.24, 2.45) is 5.10 Å². The van der Waals surface area contributed by atoms with Crippen molar-refractivity contribution in [1.29, 1.82) is 0 Å². The summed E-state index contributed by atoms with van der Waals surface area (Å²) < 4.78 is 11.0. The molecule has 0 unspecified atom stereocenters. The van der Waals surface area contributed by atoms with E-state index < -0.39 is 4.92 Å². The molecule has 162 valence electrons. The molecule has 0 saturated carbocycles. The molecule has 0 radical (unpaired) electrons. The van der Waals surface area contributed by atoms with E-state index in [-0.39, 0.29) is 11.4 Å². The van der Waals surface area contributed by atoms with Crippen LogP contribution in [0.4, 0.5) is 10.8 Å². The molecular weight excluding hydrogens is 416 g/mol. The predicted molar refractivity (Wildman–Crippen MR) is 124 cm³/mol. The number of hydrazone groups is 1. The number of nitrogens with one attached hydrogen (secondary N) is 1. The Morgan fingerprint density at radius 3 is 2.65 bits per heavy atom. The van der Waals surface area contributed by atoms with Gasteiger partial charge in [-0.1, -0.05) is 23.8 Å². The molecule has 0 aliphatic carbocycles. The number of nitrogens with zero attached hydrogens (tertiary/aromatic N) is 3. The standard InChI is InChI=1S/C22H24N4O4S/c1-5-29-20-11-16(10-19(26(27)28)21(20)30-6-2)12-23-25-22-24-18(13-31-22)17-8-7-14(3)9-15(17)4/h7-13H,5-6H2,1-4H3,(H,24,25)/b23-12-. The van der Waals surface area contributed by atoms with Gasteiger partial charge in [0.25, 0.3) is 0 Å². The lowest BCUT2D eigenvalue weighted by molar-refractivity contribution is -0.385. The third kappa shape index (κ3) is 5.37. The molecule has 9 heteroatoms. The van der Waals surface area contributed by atoms with Crippen LogP contribution in [-0.2, 0) is 0 Å². The highest BCUT2D eigenvalue weighted by Gasteiger charge is 2.22. The summed E-state index contributed by atoms with van der Waals surface area (Å²) in [5.74, 6) is 0.434. The lowest BCUT2D eigenvalue weighted by atomic mass is 10.0. The molecule has 2 aromatic carbocycles. The molecular formula is C22H24N4O4S. The first-order valence-electron chi connectivity index (χ1n) is 9.83. The fourth-order valence-electron chi connectivity index (χ4n) is 3.08. The van der Waals surface area contributed by atoms with Crippen LogP contribution in [0.1, 0.15) is 30.5 Å². The number of aromatic nitrogens is 1. The maximum Gasteiger partial charge on any atom is 0.315 e. The van der Waals surface area contributed by atoms with Crippen LogP contribution in [0.5, 0.6) is 11.5 Å². The minimum atomic E-state index is -0.491. The van der Waals surface area contributed by atoms with Crippen molar-refractivity contribution in [2.75, 3.05) is 18.6 Å². The van der Waals surface area contributed by atoms with E-state index in [9.17, 15) is 10.1 Å². The molecule has 0 aliphatic rings. The molecule has 0 atom stereocenters. The SMILES string of the molecule is CCOc1cc(/C=N\Nc2nc(-c3ccc(C)cc3C)cs2)cc([N+](=O)[O-])c1OCC. The Kier molecular flexibility index (Phi) is 7.19. The van der Waals surface area contributed by atoms with E-state index in [4.69, 9.17) is 9.47 Å². The zero-order chi connectivity index (χ0) is 22.4. The van der Waals surface area contributed by atoms with Gasteiger partial charge in [0.2, 0.25) is 10.9 Å². The molecule has 0 amide bonds. The highest BCUT2D eigenvalue weighted by Crippen LogP contribution is 2.38. The van der Waals surface area contributed by atoms with Crippen molar-refractivity contribution < 1.29 is 14.4 Å². The fraction of sp³-hybridized carbons (Fsp3) is 0.273. The van der Waals surface area contributed by atoms with E-state index in [1.165, 1.54) is 29.2 Å². The molecule has 1 N–H and O–H groups in total. The van der Waals surface area contributed by atoms with E-state index in [1.54, 1.807) is 19.9 Å². The van der Waals surface area contributed by atoms with E-state index in [1.807, 2.05) is 5.38 Å². The van der Waals surface area contributed by atoms with E-state index in [2.05, 4.69) is 47.6 Å². The highest BCUT2D eigenvalue weighted by atomic mass is 32.1. The number of rotatable bonds is 9. The molecule has 1 heterocycles. The molecule has 8 nitrogen and oxygen atoms in total. The van der Waals surface area contributed by atoms with Gasteiger partial charge in [0, 0.05) is 22.6 Å². The number of hydrogen-bond donors (Lipinski definition) is 1. The van der Waals surface area contributed by atoms with Gasteiger partial charge in [0.15, 0.2) is 5.75 Å². The van der Waals surface area contributed by atoms with Crippen LogP contribution >= 0.6 is 11.3 Å². The summed E-state index contributed by atoms with van der Waals surface area (Å²) in [6, 6.07) is 9.30. The average molecular weight is 441 g/mol. The molecule has 3 aromatic rings. The summed E-state index contributed by atoms with van der Waals surface area (Å²) >= 11 is 1.43. The van der Waals surface area contributed by atoms with Crippen molar-refractivity contribution in [1.82, 2.24) is 4.98 Å². The molecule has 31 heavy (non-hydrogen) atoms. The van der Waals surface area contributed by atoms with Crippen molar-refractivity contribution in [2.45, 2.75) is 27.7 Å². The summed E-state index contributed by atoms with van der Waals surface area (Å²) in [4.78, 5) is 15.6. The van der Waals surface area contributed by atoms with Crippen molar-refractivity contribution in [3.05, 3.63) is 62.5 Å². The summed E-state index contributed by atoms with van der Waals surface area (Å²) in [6.45, 7) is 8.33. The second-order valence-corrected chi connectivity index (χ2v) is 7.57. The van der Waals surface area contributed by atoms with Crippen molar-refractivity contribution in [3.63, 3.8) is 0 Å². The molecule has 0 fully saturated rings. The predicted octanol–water partition coefficient (Wildman–Crippen LogP) is 5.58. The van der Waals surface area contributed by atoms with Crippen LogP contribution in [0.2, 0.25) is 0 Å². The van der Waals surface area contributed by atoms with Crippen LogP contribution in [0, 0.1) is 24.0 Å². The number of benzene rings is 2. The zero-order valence-corrected chi connectivity index (χ0v) is 18.7.